The van der Waals surface area contributed by atoms with E-state index in [0.29, 0.717) is 0 Å². The highest BCUT2D eigenvalue weighted by Crippen LogP contribution is 2.31. The lowest BCUT2D eigenvalue weighted by molar-refractivity contribution is 0.683. The van der Waals surface area contributed by atoms with Crippen LogP contribution in [-0.2, 0) is 13.5 Å². The van der Waals surface area contributed by atoms with Crippen molar-refractivity contribution >= 4 is 10.9 Å². The van der Waals surface area contributed by atoms with Crippen LogP contribution in [0.25, 0.3) is 22.2 Å². The molecule has 0 radical (unpaired) electrons. The number of aromatic nitrogens is 3. The number of hydrogen-bond acceptors (Lipinski definition) is 2. The second kappa shape index (κ2) is 5.13. The van der Waals surface area contributed by atoms with E-state index in [1.54, 1.807) is 0 Å². The number of likely N-dealkylation sites (N-methyl/N-ethyl adjacent to an activating group) is 1. The molecular formula is C16H20N4. The zero-order valence-electron chi connectivity index (χ0n) is 12.2. The Morgan fingerprint density at radius 3 is 2.90 bits per heavy atom. The van der Waals surface area contributed by atoms with Gasteiger partial charge in [-0.15, -0.1) is 0 Å². The predicted octanol–water partition coefficient (Wildman–Crippen LogP) is 2.64. The van der Waals surface area contributed by atoms with Crippen LogP contribution >= 0.6 is 0 Å². The Bertz CT molecular complexity index is 736. The molecule has 104 valence electrons. The summed E-state index contributed by atoms with van der Waals surface area (Å²) in [6.45, 7) is 3.07. The number of rotatable bonds is 4. The first kappa shape index (κ1) is 12.9. The number of benzene rings is 1. The maximum atomic E-state index is 4.69. The number of hydrogen-bond donors (Lipinski definition) is 2. The summed E-state index contributed by atoms with van der Waals surface area (Å²) < 4.78 is 1.98. The zero-order valence-corrected chi connectivity index (χ0v) is 12.2. The fourth-order valence-corrected chi connectivity index (χ4v) is 2.72. The van der Waals surface area contributed by atoms with Crippen LogP contribution in [0.15, 0.2) is 30.3 Å². The molecule has 2 aromatic heterocycles. The third kappa shape index (κ3) is 2.12. The zero-order chi connectivity index (χ0) is 14.1. The molecule has 0 aliphatic heterocycles. The summed E-state index contributed by atoms with van der Waals surface area (Å²) in [5.74, 6) is 0. The van der Waals surface area contributed by atoms with E-state index >= 15 is 0 Å². The fraction of sp³-hybridized carbons (Fsp3) is 0.312. The van der Waals surface area contributed by atoms with Crippen molar-refractivity contribution in [2.75, 3.05) is 13.6 Å². The van der Waals surface area contributed by atoms with Crippen molar-refractivity contribution in [3.05, 3.63) is 41.7 Å². The third-order valence-corrected chi connectivity index (χ3v) is 3.76. The molecular weight excluding hydrogens is 248 g/mol. The third-order valence-electron chi connectivity index (χ3n) is 3.76. The quantitative estimate of drug-likeness (QED) is 0.764. The van der Waals surface area contributed by atoms with Gasteiger partial charge >= 0.3 is 0 Å². The molecule has 4 heteroatoms. The van der Waals surface area contributed by atoms with Gasteiger partial charge in [-0.2, -0.15) is 5.10 Å². The minimum atomic E-state index is 0.964. The SMILES string of the molecule is CNCCc1cc(-c2c(C)[nH]c3ccccc23)nn1C. The van der Waals surface area contributed by atoms with Crippen LogP contribution in [-0.4, -0.2) is 28.4 Å². The van der Waals surface area contributed by atoms with Crippen LogP contribution in [0, 0.1) is 6.92 Å². The van der Waals surface area contributed by atoms with E-state index in [0.717, 1.165) is 18.7 Å². The fourth-order valence-electron chi connectivity index (χ4n) is 2.72. The van der Waals surface area contributed by atoms with Gasteiger partial charge in [-0.3, -0.25) is 4.68 Å². The summed E-state index contributed by atoms with van der Waals surface area (Å²) in [6.07, 6.45) is 0.988. The highest BCUT2D eigenvalue weighted by atomic mass is 15.3. The molecule has 3 aromatic rings. The summed E-state index contributed by atoms with van der Waals surface area (Å²) >= 11 is 0. The van der Waals surface area contributed by atoms with Crippen LogP contribution in [0.2, 0.25) is 0 Å². The minimum Gasteiger partial charge on any atom is -0.358 e. The number of para-hydroxylation sites is 1. The highest BCUT2D eigenvalue weighted by Gasteiger charge is 2.14. The lowest BCUT2D eigenvalue weighted by Crippen LogP contribution is -2.12. The molecule has 0 aliphatic carbocycles. The molecule has 0 fully saturated rings. The Balaban J connectivity index is 2.09. The number of nitrogens with zero attached hydrogens (tertiary/aromatic N) is 2. The van der Waals surface area contributed by atoms with E-state index in [1.807, 2.05) is 18.8 Å². The standard InChI is InChI=1S/C16H20N4/c1-11-16(13-6-4-5-7-14(13)18-11)15-10-12(8-9-17-2)20(3)19-15/h4-7,10,17-18H,8-9H2,1-3H3. The van der Waals surface area contributed by atoms with Crippen molar-refractivity contribution in [1.29, 1.82) is 0 Å². The number of fused-ring (bicyclic) bond motifs is 1. The van der Waals surface area contributed by atoms with Gasteiger partial charge in [-0.1, -0.05) is 18.2 Å². The molecule has 0 spiro atoms. The molecule has 2 heterocycles. The lowest BCUT2D eigenvalue weighted by atomic mass is 10.1. The molecule has 0 saturated carbocycles. The van der Waals surface area contributed by atoms with Gasteiger partial charge in [0.2, 0.25) is 0 Å². The Kier molecular flexibility index (Phi) is 3.32. The van der Waals surface area contributed by atoms with E-state index < -0.39 is 0 Å². The van der Waals surface area contributed by atoms with Crippen molar-refractivity contribution in [3.63, 3.8) is 0 Å². The van der Waals surface area contributed by atoms with Gasteiger partial charge in [-0.05, 0) is 26.1 Å². The molecule has 4 nitrogen and oxygen atoms in total. The van der Waals surface area contributed by atoms with E-state index in [4.69, 9.17) is 0 Å². The average Bonchev–Trinajstić information content (AvgIpc) is 2.95. The molecule has 0 atom stereocenters. The molecule has 3 rings (SSSR count). The lowest BCUT2D eigenvalue weighted by Gasteiger charge is -1.99. The van der Waals surface area contributed by atoms with Gasteiger partial charge in [0.25, 0.3) is 0 Å². The maximum absolute atomic E-state index is 4.69. The topological polar surface area (TPSA) is 45.6 Å². The van der Waals surface area contributed by atoms with Crippen LogP contribution in [0.1, 0.15) is 11.4 Å². The van der Waals surface area contributed by atoms with Crippen molar-refractivity contribution in [1.82, 2.24) is 20.1 Å². The molecule has 0 unspecified atom stereocenters. The van der Waals surface area contributed by atoms with Crippen molar-refractivity contribution in [2.24, 2.45) is 7.05 Å². The first-order valence-corrected chi connectivity index (χ1v) is 6.96. The number of aryl methyl sites for hydroxylation is 2. The Morgan fingerprint density at radius 1 is 1.30 bits per heavy atom. The molecule has 20 heavy (non-hydrogen) atoms. The van der Waals surface area contributed by atoms with E-state index in [-0.39, 0.29) is 0 Å². The van der Waals surface area contributed by atoms with Gasteiger partial charge < -0.3 is 10.3 Å². The number of nitrogens with one attached hydrogen (secondary N) is 2. The molecule has 0 bridgehead atoms. The summed E-state index contributed by atoms with van der Waals surface area (Å²) in [5, 5.41) is 9.11. The summed E-state index contributed by atoms with van der Waals surface area (Å²) in [7, 11) is 3.99. The van der Waals surface area contributed by atoms with Crippen molar-refractivity contribution in [3.8, 4) is 11.3 Å². The molecule has 1 aromatic carbocycles. The predicted molar refractivity (Wildman–Crippen MR) is 82.9 cm³/mol. The minimum absolute atomic E-state index is 0.964. The van der Waals surface area contributed by atoms with Gasteiger partial charge in [0, 0.05) is 47.9 Å². The van der Waals surface area contributed by atoms with E-state index in [1.165, 1.54) is 27.9 Å². The normalized spacial score (nSPS) is 11.3. The largest absolute Gasteiger partial charge is 0.358 e. The van der Waals surface area contributed by atoms with Gasteiger partial charge in [0.1, 0.15) is 0 Å². The van der Waals surface area contributed by atoms with Crippen LogP contribution in [0.3, 0.4) is 0 Å². The van der Waals surface area contributed by atoms with Gasteiger partial charge in [0.15, 0.2) is 0 Å². The maximum Gasteiger partial charge on any atom is 0.0950 e. The second-order valence-corrected chi connectivity index (χ2v) is 5.17. The van der Waals surface area contributed by atoms with E-state index in [9.17, 15) is 0 Å². The highest BCUT2D eigenvalue weighted by molar-refractivity contribution is 5.96. The van der Waals surface area contributed by atoms with Crippen LogP contribution in [0.5, 0.6) is 0 Å². The number of aromatic amines is 1. The van der Waals surface area contributed by atoms with Crippen molar-refractivity contribution < 1.29 is 0 Å². The van der Waals surface area contributed by atoms with Gasteiger partial charge in [0.05, 0.1) is 5.69 Å². The monoisotopic (exact) mass is 268 g/mol. The average molecular weight is 268 g/mol. The molecule has 2 N–H and O–H groups in total. The number of H-pyrrole nitrogens is 1. The molecule has 0 aliphatic rings. The summed E-state index contributed by atoms with van der Waals surface area (Å²) in [5.41, 5.74) is 5.85. The first-order valence-electron chi connectivity index (χ1n) is 6.96. The van der Waals surface area contributed by atoms with Crippen molar-refractivity contribution in [2.45, 2.75) is 13.3 Å². The molecule has 0 saturated heterocycles. The summed E-state index contributed by atoms with van der Waals surface area (Å²) in [4.78, 5) is 3.44. The van der Waals surface area contributed by atoms with Crippen LogP contribution in [0.4, 0.5) is 0 Å². The second-order valence-electron chi connectivity index (χ2n) is 5.17. The molecule has 0 amide bonds. The Hall–Kier alpha value is -2.07. The Morgan fingerprint density at radius 2 is 2.10 bits per heavy atom. The Labute approximate surface area is 118 Å². The smallest absolute Gasteiger partial charge is 0.0950 e. The summed E-state index contributed by atoms with van der Waals surface area (Å²) in [6, 6.07) is 10.6. The van der Waals surface area contributed by atoms with Crippen LogP contribution < -0.4 is 5.32 Å². The first-order chi connectivity index (χ1) is 9.70. The van der Waals surface area contributed by atoms with Gasteiger partial charge in [-0.25, -0.2) is 0 Å². The van der Waals surface area contributed by atoms with E-state index in [2.05, 4.69) is 52.7 Å².